The molecule has 0 bridgehead atoms. The Morgan fingerprint density at radius 2 is 1.91 bits per heavy atom. The molecular formula is C11H18KNO9. The van der Waals surface area contributed by atoms with E-state index in [2.05, 4.69) is 0 Å². The summed E-state index contributed by atoms with van der Waals surface area (Å²) in [5, 5.41) is 58.8. The predicted octanol–water partition coefficient (Wildman–Crippen LogP) is -8.56. The van der Waals surface area contributed by atoms with Gasteiger partial charge >= 0.3 is 51.4 Å². The average Bonchev–Trinajstić information content (AvgIpc) is 2.40. The van der Waals surface area contributed by atoms with Crippen LogP contribution in [0, 0.1) is 5.92 Å². The molecule has 0 amide bonds. The third kappa shape index (κ3) is 4.12. The quantitative estimate of drug-likeness (QED) is 0.260. The Labute approximate surface area is 168 Å². The number of ketones is 1. The molecule has 0 aliphatic carbocycles. The fraction of sp³-hybridized carbons (Fsp3) is 0.818. The molecule has 7 N–H and O–H groups in total. The number of aliphatic hydroxyl groups excluding tert-OH is 4. The number of carbonyl (C=O) groups is 2. The van der Waals surface area contributed by atoms with Gasteiger partial charge in [-0.3, -0.25) is 4.79 Å². The van der Waals surface area contributed by atoms with Crippen LogP contribution >= 0.6 is 0 Å². The SMILES string of the molecule is CC(=O)C1[C@H](O)[C@@H](N)[C@H]([C@H](O)[C@H](O)CO)OC1(O)C(=O)[O-].[K+]. The van der Waals surface area contributed by atoms with Crippen molar-refractivity contribution in [1.29, 1.82) is 0 Å². The van der Waals surface area contributed by atoms with Gasteiger partial charge < -0.3 is 45.9 Å². The van der Waals surface area contributed by atoms with Crippen molar-refractivity contribution in [3.63, 3.8) is 0 Å². The molecule has 22 heavy (non-hydrogen) atoms. The first-order valence-electron chi connectivity index (χ1n) is 6.10. The normalized spacial score (nSPS) is 37.8. The number of hydrogen-bond acceptors (Lipinski definition) is 10. The van der Waals surface area contributed by atoms with Gasteiger partial charge in [-0.2, -0.15) is 0 Å². The van der Waals surface area contributed by atoms with Gasteiger partial charge in [-0.25, -0.2) is 0 Å². The van der Waals surface area contributed by atoms with Crippen LogP contribution in [-0.2, 0) is 14.3 Å². The number of aliphatic carboxylic acids is 1. The molecule has 122 valence electrons. The Bertz CT molecular complexity index is 422. The van der Waals surface area contributed by atoms with Crippen LogP contribution in [-0.4, -0.2) is 80.1 Å². The Morgan fingerprint density at radius 1 is 1.41 bits per heavy atom. The number of nitrogens with two attached hydrogens (primary N) is 1. The second-order valence-corrected chi connectivity index (χ2v) is 4.96. The molecule has 0 spiro atoms. The van der Waals surface area contributed by atoms with Crippen molar-refractivity contribution in [2.75, 3.05) is 6.61 Å². The summed E-state index contributed by atoms with van der Waals surface area (Å²) in [6.45, 7) is 0.0148. The molecule has 2 unspecified atom stereocenters. The van der Waals surface area contributed by atoms with Gasteiger partial charge in [0.1, 0.15) is 36.0 Å². The van der Waals surface area contributed by atoms with Crippen LogP contribution in [0.5, 0.6) is 0 Å². The summed E-state index contributed by atoms with van der Waals surface area (Å²) in [5.74, 6) is -8.26. The first-order valence-corrected chi connectivity index (χ1v) is 6.10. The first-order chi connectivity index (χ1) is 9.57. The minimum Gasteiger partial charge on any atom is -0.544 e. The maximum atomic E-state index is 11.4. The third-order valence-corrected chi connectivity index (χ3v) is 3.50. The summed E-state index contributed by atoms with van der Waals surface area (Å²) >= 11 is 0. The summed E-state index contributed by atoms with van der Waals surface area (Å²) in [6, 6.07) is -1.49. The zero-order valence-electron chi connectivity index (χ0n) is 12.1. The molecular weight excluding hydrogens is 329 g/mol. The van der Waals surface area contributed by atoms with Gasteiger partial charge in [0, 0.05) is 0 Å². The van der Waals surface area contributed by atoms with Crippen molar-refractivity contribution in [3.8, 4) is 0 Å². The van der Waals surface area contributed by atoms with E-state index in [4.69, 9.17) is 15.6 Å². The van der Waals surface area contributed by atoms with Gasteiger partial charge in [-0.15, -0.1) is 0 Å². The Morgan fingerprint density at radius 3 is 2.27 bits per heavy atom. The predicted molar refractivity (Wildman–Crippen MR) is 62.1 cm³/mol. The molecule has 10 nitrogen and oxygen atoms in total. The fourth-order valence-corrected chi connectivity index (χ4v) is 2.32. The smallest absolute Gasteiger partial charge is 0.544 e. The van der Waals surface area contributed by atoms with E-state index in [-0.39, 0.29) is 51.4 Å². The number of Topliss-reactive ketones (excluding diaryl/α,β-unsaturated/α-hetero) is 1. The number of aliphatic hydroxyl groups is 5. The topological polar surface area (TPSA) is 194 Å². The zero-order valence-corrected chi connectivity index (χ0v) is 15.2. The van der Waals surface area contributed by atoms with E-state index in [1.807, 2.05) is 0 Å². The van der Waals surface area contributed by atoms with E-state index in [1.165, 1.54) is 0 Å². The molecule has 1 rings (SSSR count). The number of carboxylic acid groups (broad SMARTS) is 1. The second kappa shape index (κ2) is 8.55. The molecule has 0 saturated carbocycles. The van der Waals surface area contributed by atoms with Crippen molar-refractivity contribution in [1.82, 2.24) is 0 Å². The summed E-state index contributed by atoms with van der Waals surface area (Å²) < 4.78 is 4.74. The van der Waals surface area contributed by atoms with Gasteiger partial charge in [-0.1, -0.05) is 0 Å². The molecule has 1 aliphatic rings. The van der Waals surface area contributed by atoms with Gasteiger partial charge in [0.15, 0.2) is 0 Å². The molecule has 0 aromatic rings. The van der Waals surface area contributed by atoms with Crippen molar-refractivity contribution in [2.24, 2.45) is 11.7 Å². The van der Waals surface area contributed by atoms with E-state index >= 15 is 0 Å². The third-order valence-electron chi connectivity index (χ3n) is 3.50. The molecule has 11 heteroatoms. The maximum Gasteiger partial charge on any atom is 1.00 e. The average molecular weight is 347 g/mol. The molecule has 1 heterocycles. The largest absolute Gasteiger partial charge is 1.00 e. The van der Waals surface area contributed by atoms with Gasteiger partial charge in [0.05, 0.1) is 18.8 Å². The van der Waals surface area contributed by atoms with Crippen LogP contribution in [0.2, 0.25) is 0 Å². The molecule has 0 aromatic heterocycles. The van der Waals surface area contributed by atoms with Crippen LogP contribution in [0.3, 0.4) is 0 Å². The van der Waals surface area contributed by atoms with Crippen LogP contribution in [0.25, 0.3) is 0 Å². The summed E-state index contributed by atoms with van der Waals surface area (Å²) in [6.07, 6.45) is -7.28. The number of rotatable bonds is 5. The Hall–Kier alpha value is 0.496. The standard InChI is InChI=1S/C11H19NO9.K/c1-3(14)5-8(17)6(12)9(7(16)4(15)2-13)21-11(5,20)10(18)19;/h4-9,13,15-17,20H,2,12H2,1H3,(H,18,19);/q;+1/p-1/t4-,5?,6-,7-,8+,9-,11?;/m1./s1. The van der Waals surface area contributed by atoms with E-state index < -0.39 is 60.5 Å². The Kier molecular flexibility index (Phi) is 8.74. The van der Waals surface area contributed by atoms with Crippen molar-refractivity contribution >= 4 is 11.8 Å². The van der Waals surface area contributed by atoms with E-state index in [1.54, 1.807) is 0 Å². The summed E-state index contributed by atoms with van der Waals surface area (Å²) in [5.41, 5.74) is 5.56. The molecule has 1 saturated heterocycles. The number of carbonyl (C=O) groups excluding carboxylic acids is 2. The van der Waals surface area contributed by atoms with Crippen LogP contribution in [0.4, 0.5) is 0 Å². The maximum absolute atomic E-state index is 11.4. The van der Waals surface area contributed by atoms with E-state index in [9.17, 15) is 35.1 Å². The van der Waals surface area contributed by atoms with Crippen LogP contribution < -0.4 is 62.2 Å². The first kappa shape index (κ1) is 22.5. The van der Waals surface area contributed by atoms with Gasteiger partial charge in [-0.05, 0) is 6.92 Å². The summed E-state index contributed by atoms with van der Waals surface area (Å²) in [4.78, 5) is 22.5. The molecule has 1 fully saturated rings. The molecule has 1 aliphatic heterocycles. The van der Waals surface area contributed by atoms with Crippen LogP contribution in [0.15, 0.2) is 0 Å². The van der Waals surface area contributed by atoms with E-state index in [0.717, 1.165) is 6.92 Å². The van der Waals surface area contributed by atoms with Crippen molar-refractivity contribution in [2.45, 2.75) is 43.2 Å². The summed E-state index contributed by atoms with van der Waals surface area (Å²) in [7, 11) is 0. The monoisotopic (exact) mass is 347 g/mol. The van der Waals surface area contributed by atoms with Gasteiger partial charge in [0.25, 0.3) is 0 Å². The Balaban J connectivity index is 0.00000441. The van der Waals surface area contributed by atoms with Crippen LogP contribution in [0.1, 0.15) is 6.92 Å². The minimum absolute atomic E-state index is 0. The minimum atomic E-state index is -3.22. The van der Waals surface area contributed by atoms with Crippen molar-refractivity contribution in [3.05, 3.63) is 0 Å². The second-order valence-electron chi connectivity index (χ2n) is 4.96. The molecule has 0 aromatic carbocycles. The van der Waals surface area contributed by atoms with Crippen molar-refractivity contribution < 1.29 is 96.3 Å². The number of hydrogen-bond donors (Lipinski definition) is 6. The molecule has 7 atom stereocenters. The fourth-order valence-electron chi connectivity index (χ4n) is 2.32. The zero-order chi connectivity index (χ0) is 16.5. The molecule has 0 radical (unpaired) electrons. The number of carboxylic acids is 1. The number of ether oxygens (including phenoxy) is 1. The van der Waals surface area contributed by atoms with E-state index in [0.29, 0.717) is 0 Å². The van der Waals surface area contributed by atoms with Gasteiger partial charge in [0.2, 0.25) is 5.79 Å².